The number of halogens is 1. The van der Waals surface area contributed by atoms with Gasteiger partial charge in [0, 0.05) is 11.3 Å². The molecular weight excluding hydrogens is 349 g/mol. The minimum Gasteiger partial charge on any atom is -0.436 e. The number of anilines is 2. The largest absolute Gasteiger partial charge is 0.436 e. The Balaban J connectivity index is 1.41. The molecule has 0 saturated heterocycles. The molecule has 0 unspecified atom stereocenters. The molecule has 0 atom stereocenters. The van der Waals surface area contributed by atoms with E-state index >= 15 is 0 Å². The minimum atomic E-state index is -0.254. The van der Waals surface area contributed by atoms with Crippen molar-refractivity contribution in [3.05, 3.63) is 72.5 Å². The van der Waals surface area contributed by atoms with Crippen molar-refractivity contribution < 1.29 is 8.81 Å². The highest BCUT2D eigenvalue weighted by atomic mass is 32.1. The summed E-state index contributed by atoms with van der Waals surface area (Å²) in [4.78, 5) is 8.97. The molecule has 6 heteroatoms. The van der Waals surface area contributed by atoms with Gasteiger partial charge in [-0.15, -0.1) is 0 Å². The smallest absolute Gasteiger partial charge is 0.227 e. The van der Waals surface area contributed by atoms with Gasteiger partial charge in [-0.05, 0) is 54.6 Å². The number of hydrogen-bond donors (Lipinski definition) is 1. The zero-order chi connectivity index (χ0) is 17.5. The van der Waals surface area contributed by atoms with Gasteiger partial charge in [0.2, 0.25) is 5.89 Å². The van der Waals surface area contributed by atoms with E-state index in [1.54, 1.807) is 6.07 Å². The van der Waals surface area contributed by atoms with Crippen molar-refractivity contribution in [1.82, 2.24) is 9.97 Å². The molecule has 0 aliphatic heterocycles. The first kappa shape index (κ1) is 15.0. The van der Waals surface area contributed by atoms with Gasteiger partial charge in [0.15, 0.2) is 10.7 Å². The standard InChI is InChI=1S/C20H12FN3OS/c21-13-7-10-16-18(11-13)26-20(24-16)22-14-8-5-12(6-9-14)19-23-15-3-1-2-4-17(15)25-19/h1-11H,(H,22,24). The lowest BCUT2D eigenvalue weighted by atomic mass is 10.2. The van der Waals surface area contributed by atoms with Crippen molar-refractivity contribution in [3.63, 3.8) is 0 Å². The van der Waals surface area contributed by atoms with Crippen LogP contribution in [0.5, 0.6) is 0 Å². The molecule has 3 aromatic carbocycles. The zero-order valence-corrected chi connectivity index (χ0v) is 14.3. The summed E-state index contributed by atoms with van der Waals surface area (Å²) in [5.74, 6) is 0.337. The van der Waals surface area contributed by atoms with E-state index in [2.05, 4.69) is 15.3 Å². The second-order valence-electron chi connectivity index (χ2n) is 5.82. The molecule has 0 fully saturated rings. The van der Waals surface area contributed by atoms with Crippen LogP contribution in [0.25, 0.3) is 32.8 Å². The van der Waals surface area contributed by atoms with Crippen LogP contribution in [0.2, 0.25) is 0 Å². The van der Waals surface area contributed by atoms with E-state index in [-0.39, 0.29) is 5.82 Å². The molecule has 4 nitrogen and oxygen atoms in total. The molecule has 0 radical (unpaired) electrons. The van der Waals surface area contributed by atoms with Crippen molar-refractivity contribution in [3.8, 4) is 11.5 Å². The van der Waals surface area contributed by atoms with E-state index in [1.807, 2.05) is 48.5 Å². The number of hydrogen-bond acceptors (Lipinski definition) is 5. The Kier molecular flexibility index (Phi) is 3.43. The monoisotopic (exact) mass is 361 g/mol. The van der Waals surface area contributed by atoms with Crippen LogP contribution >= 0.6 is 11.3 Å². The lowest BCUT2D eigenvalue weighted by Gasteiger charge is -2.02. The predicted molar refractivity (Wildman–Crippen MR) is 102 cm³/mol. The zero-order valence-electron chi connectivity index (χ0n) is 13.4. The third-order valence-electron chi connectivity index (χ3n) is 4.03. The van der Waals surface area contributed by atoms with E-state index in [4.69, 9.17) is 4.42 Å². The average molecular weight is 361 g/mol. The Labute approximate surface area is 151 Å². The fourth-order valence-electron chi connectivity index (χ4n) is 2.77. The van der Waals surface area contributed by atoms with Gasteiger partial charge in [-0.25, -0.2) is 14.4 Å². The van der Waals surface area contributed by atoms with Crippen LogP contribution in [0, 0.1) is 5.82 Å². The molecule has 2 aromatic heterocycles. The van der Waals surface area contributed by atoms with Gasteiger partial charge < -0.3 is 9.73 Å². The summed E-state index contributed by atoms with van der Waals surface area (Å²) < 4.78 is 19.9. The van der Waals surface area contributed by atoms with Crippen LogP contribution < -0.4 is 5.32 Å². The van der Waals surface area contributed by atoms with Gasteiger partial charge in [-0.3, -0.25) is 0 Å². The third kappa shape index (κ3) is 2.70. The fraction of sp³-hybridized carbons (Fsp3) is 0. The van der Waals surface area contributed by atoms with E-state index in [0.717, 1.165) is 37.7 Å². The topological polar surface area (TPSA) is 51.0 Å². The first-order chi connectivity index (χ1) is 12.7. The van der Waals surface area contributed by atoms with Gasteiger partial charge in [0.1, 0.15) is 11.3 Å². The van der Waals surface area contributed by atoms with Gasteiger partial charge in [0.25, 0.3) is 0 Å². The van der Waals surface area contributed by atoms with E-state index in [1.165, 1.54) is 23.5 Å². The second kappa shape index (κ2) is 5.93. The Bertz CT molecular complexity index is 1190. The molecule has 126 valence electrons. The Morgan fingerprint density at radius 2 is 1.73 bits per heavy atom. The van der Waals surface area contributed by atoms with Crippen LogP contribution in [0.3, 0.4) is 0 Å². The van der Waals surface area contributed by atoms with Crippen molar-refractivity contribution >= 4 is 43.5 Å². The van der Waals surface area contributed by atoms with Gasteiger partial charge in [0.05, 0.1) is 10.2 Å². The van der Waals surface area contributed by atoms with Crippen LogP contribution in [-0.2, 0) is 0 Å². The number of rotatable bonds is 3. The summed E-state index contributed by atoms with van der Waals surface area (Å²) >= 11 is 1.42. The molecule has 1 N–H and O–H groups in total. The maximum atomic E-state index is 13.3. The second-order valence-corrected chi connectivity index (χ2v) is 6.85. The SMILES string of the molecule is Fc1ccc2nc(Nc3ccc(-c4nc5ccccc5o4)cc3)sc2c1. The van der Waals surface area contributed by atoms with Crippen molar-refractivity contribution in [1.29, 1.82) is 0 Å². The van der Waals surface area contributed by atoms with E-state index in [0.29, 0.717) is 5.89 Å². The van der Waals surface area contributed by atoms with E-state index < -0.39 is 0 Å². The van der Waals surface area contributed by atoms with Crippen molar-refractivity contribution in [2.75, 3.05) is 5.32 Å². The predicted octanol–water partition coefficient (Wildman–Crippen LogP) is 5.99. The number of thiazole rings is 1. The van der Waals surface area contributed by atoms with Crippen molar-refractivity contribution in [2.45, 2.75) is 0 Å². The molecule has 0 amide bonds. The molecule has 5 aromatic rings. The Hall–Kier alpha value is -3.25. The highest BCUT2D eigenvalue weighted by Crippen LogP contribution is 2.30. The van der Waals surface area contributed by atoms with Crippen LogP contribution in [0.4, 0.5) is 15.2 Å². The number of nitrogens with zero attached hydrogens (tertiary/aromatic N) is 2. The highest BCUT2D eigenvalue weighted by molar-refractivity contribution is 7.22. The van der Waals surface area contributed by atoms with Crippen LogP contribution in [0.15, 0.2) is 71.1 Å². The number of oxazole rings is 1. The summed E-state index contributed by atoms with van der Waals surface area (Å²) in [7, 11) is 0. The lowest BCUT2D eigenvalue weighted by Crippen LogP contribution is -1.89. The first-order valence-corrected chi connectivity index (χ1v) is 8.85. The summed E-state index contributed by atoms with van der Waals surface area (Å²) in [5.41, 5.74) is 4.18. The van der Waals surface area contributed by atoms with Gasteiger partial charge >= 0.3 is 0 Å². The minimum absolute atomic E-state index is 0.254. The first-order valence-electron chi connectivity index (χ1n) is 8.04. The molecule has 5 rings (SSSR count). The van der Waals surface area contributed by atoms with Crippen molar-refractivity contribution in [2.24, 2.45) is 0 Å². The molecule has 0 spiro atoms. The average Bonchev–Trinajstić information content (AvgIpc) is 3.25. The summed E-state index contributed by atoms with van der Waals surface area (Å²) in [6.45, 7) is 0. The Morgan fingerprint density at radius 1 is 0.885 bits per heavy atom. The van der Waals surface area contributed by atoms with Crippen LogP contribution in [0.1, 0.15) is 0 Å². The fourth-order valence-corrected chi connectivity index (χ4v) is 3.68. The number of para-hydroxylation sites is 2. The third-order valence-corrected chi connectivity index (χ3v) is 4.96. The lowest BCUT2D eigenvalue weighted by molar-refractivity contribution is 0.620. The van der Waals surface area contributed by atoms with Gasteiger partial charge in [-0.1, -0.05) is 23.5 Å². The number of nitrogens with one attached hydrogen (secondary N) is 1. The molecule has 0 bridgehead atoms. The summed E-state index contributed by atoms with van der Waals surface area (Å²) in [6, 6.07) is 20.1. The maximum Gasteiger partial charge on any atom is 0.227 e. The Morgan fingerprint density at radius 3 is 2.58 bits per heavy atom. The molecule has 26 heavy (non-hydrogen) atoms. The molecule has 0 saturated carbocycles. The van der Waals surface area contributed by atoms with E-state index in [9.17, 15) is 4.39 Å². The quantitative estimate of drug-likeness (QED) is 0.429. The molecule has 2 heterocycles. The maximum absolute atomic E-state index is 13.3. The van der Waals surface area contributed by atoms with Crippen LogP contribution in [-0.4, -0.2) is 9.97 Å². The molecule has 0 aliphatic carbocycles. The normalized spacial score (nSPS) is 11.3. The number of benzene rings is 3. The molecule has 0 aliphatic rings. The summed E-state index contributed by atoms with van der Waals surface area (Å²) in [6.07, 6.45) is 0. The number of fused-ring (bicyclic) bond motifs is 2. The summed E-state index contributed by atoms with van der Waals surface area (Å²) in [5, 5.41) is 3.97. The highest BCUT2D eigenvalue weighted by Gasteiger charge is 2.09. The molecular formula is C20H12FN3OS. The van der Waals surface area contributed by atoms with Gasteiger partial charge in [-0.2, -0.15) is 0 Å². The number of aromatic nitrogens is 2.